The van der Waals surface area contributed by atoms with Gasteiger partial charge in [-0.05, 0) is 112 Å². The average molecular weight is 940 g/mol. The molecule has 6 fully saturated rings. The number of fused-ring (bicyclic) bond motifs is 3. The van der Waals surface area contributed by atoms with Crippen LogP contribution in [0.1, 0.15) is 111 Å². The number of amides is 4. The second-order valence-corrected chi connectivity index (χ2v) is 21.6. The van der Waals surface area contributed by atoms with Gasteiger partial charge in [0.2, 0.25) is 33.7 Å². The number of anilines is 3. The van der Waals surface area contributed by atoms with Crippen LogP contribution in [0.3, 0.4) is 0 Å². The van der Waals surface area contributed by atoms with Gasteiger partial charge in [-0.15, -0.1) is 0 Å². The molecule has 0 radical (unpaired) electrons. The van der Waals surface area contributed by atoms with E-state index in [1.54, 1.807) is 28.6 Å². The van der Waals surface area contributed by atoms with Crippen molar-refractivity contribution in [1.82, 2.24) is 29.4 Å². The molecule has 2 aromatic carbocycles. The van der Waals surface area contributed by atoms with Gasteiger partial charge >= 0.3 is 0 Å². The van der Waals surface area contributed by atoms with Crippen molar-refractivity contribution in [1.29, 1.82) is 0 Å². The minimum atomic E-state index is -3.77. The van der Waals surface area contributed by atoms with E-state index < -0.39 is 39.1 Å². The van der Waals surface area contributed by atoms with Crippen molar-refractivity contribution in [2.24, 2.45) is 0 Å². The highest BCUT2D eigenvalue weighted by atomic mass is 32.2. The van der Waals surface area contributed by atoms with Gasteiger partial charge in [0.25, 0.3) is 5.91 Å². The molecular weight excluding hydrogens is 882 g/mol. The quantitative estimate of drug-likeness (QED) is 0.261. The normalized spacial score (nSPS) is 27.1. The first kappa shape index (κ1) is 44.4. The molecule has 17 nitrogen and oxygen atoms in total. The predicted octanol–water partition coefficient (Wildman–Crippen LogP) is 4.20. The van der Waals surface area contributed by atoms with Crippen LogP contribution >= 0.6 is 0 Å². The van der Waals surface area contributed by atoms with Crippen molar-refractivity contribution in [3.63, 3.8) is 0 Å². The Morgan fingerprint density at radius 1 is 0.925 bits per heavy atom. The molecule has 1 aromatic heterocycles. The van der Waals surface area contributed by atoms with Gasteiger partial charge in [0.15, 0.2) is 6.29 Å². The molecule has 1 spiro atoms. The summed E-state index contributed by atoms with van der Waals surface area (Å²) in [6.45, 7) is 4.39. The average Bonchev–Trinajstić information content (AvgIpc) is 4.03. The zero-order valence-corrected chi connectivity index (χ0v) is 38.5. The number of benzene rings is 2. The monoisotopic (exact) mass is 939 g/mol. The molecule has 2 saturated carbocycles. The smallest absolute Gasteiger partial charge is 0.255 e. The number of rotatable bonds is 11. The lowest BCUT2D eigenvalue weighted by molar-refractivity contribution is -0.193. The SMILES string of the molecule is O=C1CCC(N2Cc3cc(N4CCN(Cc5cccc(S(=O)(=O)N6CCC(Nc7ncc8c(n7)N([C@@H]7CCC[C@@H](OC9CCCCO9)C7)C(=O)C87CC7)CC6)c5)CC4)c(F)cc3C2=O)C(=O)N1. The molecular formula is C48H58FN9O8S. The zero-order valence-electron chi connectivity index (χ0n) is 37.7. The number of hydrogen-bond donors (Lipinski definition) is 2. The Hall–Kier alpha value is -5.08. The lowest BCUT2D eigenvalue weighted by atomic mass is 9.91. The Labute approximate surface area is 389 Å². The first-order valence-electron chi connectivity index (χ1n) is 24.2. The van der Waals surface area contributed by atoms with Gasteiger partial charge in [-0.3, -0.25) is 34.3 Å². The maximum Gasteiger partial charge on any atom is 0.255 e. The van der Waals surface area contributed by atoms with Crippen LogP contribution in [0.15, 0.2) is 47.5 Å². The summed E-state index contributed by atoms with van der Waals surface area (Å²) < 4.78 is 57.4. The molecule has 2 unspecified atom stereocenters. The second-order valence-electron chi connectivity index (χ2n) is 19.7. The fourth-order valence-electron chi connectivity index (χ4n) is 11.5. The first-order chi connectivity index (χ1) is 32.4. The van der Waals surface area contributed by atoms with E-state index in [0.29, 0.717) is 81.7 Å². The van der Waals surface area contributed by atoms with Gasteiger partial charge < -0.3 is 24.6 Å². The Kier molecular flexibility index (Phi) is 11.8. The van der Waals surface area contributed by atoms with Crippen LogP contribution in [0.5, 0.6) is 0 Å². The molecule has 11 rings (SSSR count). The third kappa shape index (κ3) is 8.48. The number of piperidine rings is 2. The highest BCUT2D eigenvalue weighted by molar-refractivity contribution is 7.89. The number of halogens is 1. The van der Waals surface area contributed by atoms with Gasteiger partial charge in [-0.2, -0.15) is 9.29 Å². The molecule has 2 aliphatic carbocycles. The van der Waals surface area contributed by atoms with Gasteiger partial charge in [-0.1, -0.05) is 12.1 Å². The van der Waals surface area contributed by atoms with Gasteiger partial charge in [0, 0.05) is 94.8 Å². The summed E-state index contributed by atoms with van der Waals surface area (Å²) in [5, 5.41) is 5.78. The van der Waals surface area contributed by atoms with Gasteiger partial charge in [0.05, 0.1) is 22.1 Å². The van der Waals surface area contributed by atoms with Crippen molar-refractivity contribution in [2.45, 2.75) is 137 Å². The molecule has 8 aliphatic rings. The van der Waals surface area contributed by atoms with Crippen LogP contribution in [-0.2, 0) is 52.4 Å². The lowest BCUT2D eigenvalue weighted by Gasteiger charge is -2.37. The van der Waals surface area contributed by atoms with Crippen LogP contribution in [0, 0.1) is 5.82 Å². The number of ether oxygens (including phenoxy) is 2. The topological polar surface area (TPSA) is 187 Å². The number of hydrogen-bond acceptors (Lipinski definition) is 13. The summed E-state index contributed by atoms with van der Waals surface area (Å²) in [7, 11) is -3.77. The van der Waals surface area contributed by atoms with Gasteiger partial charge in [0.1, 0.15) is 17.7 Å². The third-order valence-corrected chi connectivity index (χ3v) is 17.3. The number of nitrogens with one attached hydrogen (secondary N) is 2. The molecule has 6 aliphatic heterocycles. The Bertz CT molecular complexity index is 2570. The highest BCUT2D eigenvalue weighted by Crippen LogP contribution is 2.58. The number of carbonyl (C=O) groups is 4. The molecule has 356 valence electrons. The maximum absolute atomic E-state index is 15.6. The Morgan fingerprint density at radius 3 is 2.51 bits per heavy atom. The van der Waals surface area contributed by atoms with Crippen LogP contribution in [-0.4, -0.2) is 133 Å². The van der Waals surface area contributed by atoms with E-state index >= 15 is 4.39 Å². The van der Waals surface area contributed by atoms with Gasteiger partial charge in [-0.25, -0.2) is 17.8 Å². The summed E-state index contributed by atoms with van der Waals surface area (Å²) in [6.07, 6.45) is 11.5. The van der Waals surface area contributed by atoms with E-state index in [9.17, 15) is 27.6 Å². The highest BCUT2D eigenvalue weighted by Gasteiger charge is 2.61. The fraction of sp³-hybridized carbons (Fsp3) is 0.583. The van der Waals surface area contributed by atoms with E-state index in [2.05, 4.69) is 20.5 Å². The fourth-order valence-corrected chi connectivity index (χ4v) is 13.0. The van der Waals surface area contributed by atoms with Crippen LogP contribution in [0.25, 0.3) is 0 Å². The third-order valence-electron chi connectivity index (χ3n) is 15.4. The van der Waals surface area contributed by atoms with Crippen molar-refractivity contribution in [2.75, 3.05) is 61.0 Å². The molecule has 4 amide bonds. The van der Waals surface area contributed by atoms with E-state index in [1.165, 1.54) is 11.0 Å². The summed E-state index contributed by atoms with van der Waals surface area (Å²) in [5.74, 6) is -0.497. The van der Waals surface area contributed by atoms with E-state index in [-0.39, 0.29) is 66.1 Å². The summed E-state index contributed by atoms with van der Waals surface area (Å²) >= 11 is 0. The van der Waals surface area contributed by atoms with Crippen molar-refractivity contribution in [3.8, 4) is 0 Å². The molecule has 4 atom stereocenters. The Balaban J connectivity index is 0.683. The Morgan fingerprint density at radius 2 is 1.75 bits per heavy atom. The molecule has 4 saturated heterocycles. The summed E-state index contributed by atoms with van der Waals surface area (Å²) in [5.41, 5.74) is 2.56. The summed E-state index contributed by atoms with van der Waals surface area (Å²) in [4.78, 5) is 68.9. The number of piperazine rings is 1. The molecule has 2 N–H and O–H groups in total. The van der Waals surface area contributed by atoms with E-state index in [0.717, 1.165) is 75.5 Å². The number of carbonyl (C=O) groups excluding carboxylic acids is 4. The number of aromatic nitrogens is 2. The van der Waals surface area contributed by atoms with Crippen molar-refractivity contribution in [3.05, 3.63) is 70.7 Å². The van der Waals surface area contributed by atoms with E-state index in [1.807, 2.05) is 22.1 Å². The van der Waals surface area contributed by atoms with Crippen LogP contribution < -0.4 is 20.4 Å². The van der Waals surface area contributed by atoms with Crippen molar-refractivity contribution < 1.29 is 41.5 Å². The number of nitrogens with zero attached hydrogens (tertiary/aromatic N) is 7. The summed E-state index contributed by atoms with van der Waals surface area (Å²) in [6, 6.07) is 9.25. The van der Waals surface area contributed by atoms with Crippen molar-refractivity contribution >= 4 is 51.1 Å². The first-order valence-corrected chi connectivity index (χ1v) is 25.7. The van der Waals surface area contributed by atoms with Crippen LogP contribution in [0.4, 0.5) is 21.8 Å². The second kappa shape index (κ2) is 17.8. The molecule has 7 heterocycles. The zero-order chi connectivity index (χ0) is 46.0. The number of imide groups is 1. The molecule has 0 bridgehead atoms. The molecule has 3 aromatic rings. The minimum absolute atomic E-state index is 0.000397. The minimum Gasteiger partial charge on any atom is -0.367 e. The largest absolute Gasteiger partial charge is 0.367 e. The lowest BCUT2D eigenvalue weighted by Crippen LogP contribution is -2.52. The maximum atomic E-state index is 15.6. The molecule has 67 heavy (non-hydrogen) atoms. The predicted molar refractivity (Wildman–Crippen MR) is 243 cm³/mol. The van der Waals surface area contributed by atoms with E-state index in [4.69, 9.17) is 14.5 Å². The standard InChI is InChI=1S/C48H58FN9O8S/c49-38-26-36-31(29-57(45(36)61)39-10-11-41(59)52-44(39)60)24-40(38)55-20-18-54(19-21-55)28-30-5-3-8-35(23-30)67(63,64)56-16-12-32(13-17-56)51-47-50-27-37-43(53-47)58(46(62)48(37)14-15-48)33-6-4-7-34(25-33)66-42-9-1-2-22-65-42/h3,5,8,23-24,26-27,32-34,39,42H,1-2,4,6-7,9-22,25,28-29H2,(H,50,51,53)(H,52,59,60)/t33-,34-,39?,42?/m1/s1. The van der Waals surface area contributed by atoms with Crippen LogP contribution in [0.2, 0.25) is 0 Å². The molecule has 19 heteroatoms. The number of sulfonamides is 1.